The van der Waals surface area contributed by atoms with Gasteiger partial charge in [0.2, 0.25) is 0 Å². The summed E-state index contributed by atoms with van der Waals surface area (Å²) in [6.45, 7) is 1.68. The molecule has 1 heterocycles. The maximum atomic E-state index is 13.9. The van der Waals surface area contributed by atoms with Gasteiger partial charge in [-0.2, -0.15) is 13.2 Å². The van der Waals surface area contributed by atoms with E-state index in [0.717, 1.165) is 50.2 Å². The van der Waals surface area contributed by atoms with Crippen molar-refractivity contribution in [2.24, 2.45) is 11.8 Å². The standard InChI is InChI=1S/C29H35ClF3N3O4/c1-35(2)26(37)24-8-7-22(17-25(24)30)36-11-9-18(10-12-36)13-19-14-21(15-19)34-27(38)28(39,29(31,32)33)20-5-4-6-23(16-20)40-3/h4-8,16-19,21,39H,9-15H2,1-3H3,(H,34,38). The Bertz CT molecular complexity index is 1230. The smallest absolute Gasteiger partial charge is 0.430 e. The zero-order valence-electron chi connectivity index (χ0n) is 22.8. The monoisotopic (exact) mass is 581 g/mol. The molecule has 1 aliphatic heterocycles. The molecule has 2 aromatic rings. The Balaban J connectivity index is 1.27. The Morgan fingerprint density at radius 2 is 1.77 bits per heavy atom. The maximum Gasteiger partial charge on any atom is 0.430 e. The van der Waals surface area contributed by atoms with E-state index in [1.807, 2.05) is 12.1 Å². The third kappa shape index (κ3) is 6.17. The van der Waals surface area contributed by atoms with Crippen LogP contribution >= 0.6 is 11.6 Å². The number of rotatable bonds is 8. The number of anilines is 1. The van der Waals surface area contributed by atoms with Gasteiger partial charge < -0.3 is 25.0 Å². The summed E-state index contributed by atoms with van der Waals surface area (Å²) in [4.78, 5) is 28.7. The number of ether oxygens (including phenoxy) is 1. The number of alkyl halides is 3. The van der Waals surface area contributed by atoms with Crippen molar-refractivity contribution in [2.75, 3.05) is 39.2 Å². The first-order valence-electron chi connectivity index (χ1n) is 13.3. The van der Waals surface area contributed by atoms with Gasteiger partial charge in [0.1, 0.15) is 5.75 Å². The minimum absolute atomic E-state index is 0.113. The Labute approximate surface area is 237 Å². The summed E-state index contributed by atoms with van der Waals surface area (Å²) in [5.74, 6) is -0.715. The fraction of sp³-hybridized carbons (Fsp3) is 0.517. The molecule has 2 aliphatic rings. The topological polar surface area (TPSA) is 82.1 Å². The molecule has 0 aromatic heterocycles. The van der Waals surface area contributed by atoms with Crippen molar-refractivity contribution < 1.29 is 32.6 Å². The number of halogens is 4. The zero-order valence-corrected chi connectivity index (χ0v) is 23.6. The second kappa shape index (κ2) is 11.9. The predicted molar refractivity (Wildman–Crippen MR) is 147 cm³/mol. The number of methoxy groups -OCH3 is 1. The fourth-order valence-corrected chi connectivity index (χ4v) is 5.88. The molecule has 2 fully saturated rings. The van der Waals surface area contributed by atoms with Gasteiger partial charge in [-0.1, -0.05) is 23.7 Å². The van der Waals surface area contributed by atoms with E-state index in [1.165, 1.54) is 24.1 Å². The largest absolute Gasteiger partial charge is 0.497 e. The second-order valence-electron chi connectivity index (χ2n) is 11.0. The molecular weight excluding hydrogens is 547 g/mol. The first kappa shape index (κ1) is 30.0. The molecule has 11 heteroatoms. The Morgan fingerprint density at radius 3 is 2.35 bits per heavy atom. The average Bonchev–Trinajstić information content (AvgIpc) is 2.90. The summed E-state index contributed by atoms with van der Waals surface area (Å²) >= 11 is 6.37. The number of hydrogen-bond donors (Lipinski definition) is 2. The van der Waals surface area contributed by atoms with Crippen LogP contribution in [0.15, 0.2) is 42.5 Å². The number of piperidine rings is 1. The van der Waals surface area contributed by atoms with E-state index in [2.05, 4.69) is 10.2 Å². The molecule has 0 bridgehead atoms. The summed E-state index contributed by atoms with van der Waals surface area (Å²) in [5.41, 5.74) is -2.81. The lowest BCUT2D eigenvalue weighted by Gasteiger charge is -2.41. The second-order valence-corrected chi connectivity index (χ2v) is 11.4. The molecule has 0 spiro atoms. The molecular formula is C29H35ClF3N3O4. The number of benzene rings is 2. The van der Waals surface area contributed by atoms with Crippen LogP contribution in [0.25, 0.3) is 0 Å². The minimum atomic E-state index is -5.20. The van der Waals surface area contributed by atoms with Gasteiger partial charge in [0.05, 0.1) is 17.7 Å². The summed E-state index contributed by atoms with van der Waals surface area (Å²) in [7, 11) is 4.66. The highest BCUT2D eigenvalue weighted by Gasteiger charge is 2.61. The van der Waals surface area contributed by atoms with Gasteiger partial charge in [-0.05, 0) is 74.3 Å². The lowest BCUT2D eigenvalue weighted by atomic mass is 9.73. The van der Waals surface area contributed by atoms with E-state index in [9.17, 15) is 27.9 Å². The van der Waals surface area contributed by atoms with Crippen molar-refractivity contribution in [3.05, 3.63) is 58.6 Å². The van der Waals surface area contributed by atoms with Crippen LogP contribution in [-0.4, -0.2) is 68.3 Å². The third-order valence-corrected chi connectivity index (χ3v) is 8.35. The first-order valence-corrected chi connectivity index (χ1v) is 13.7. The van der Waals surface area contributed by atoms with E-state index in [4.69, 9.17) is 16.3 Å². The van der Waals surface area contributed by atoms with Crippen molar-refractivity contribution >= 4 is 29.1 Å². The Kier molecular flexibility index (Phi) is 8.89. The molecule has 2 N–H and O–H groups in total. The quantitative estimate of drug-likeness (QED) is 0.458. The number of carbonyl (C=O) groups excluding carboxylic acids is 2. The highest BCUT2D eigenvalue weighted by atomic mass is 35.5. The van der Waals surface area contributed by atoms with Crippen molar-refractivity contribution in [1.29, 1.82) is 0 Å². The number of nitrogens with one attached hydrogen (secondary N) is 1. The van der Waals surface area contributed by atoms with E-state index in [0.29, 0.717) is 35.3 Å². The van der Waals surface area contributed by atoms with Crippen LogP contribution in [0.2, 0.25) is 5.02 Å². The SMILES string of the molecule is COc1cccc(C(O)(C(=O)NC2CC(CC3CCN(c4ccc(C(=O)N(C)C)c(Cl)c4)CC3)C2)C(F)(F)F)c1. The van der Waals surface area contributed by atoms with Crippen LogP contribution < -0.4 is 15.0 Å². The molecule has 2 aromatic carbocycles. The van der Waals surface area contributed by atoms with E-state index in [-0.39, 0.29) is 11.7 Å². The van der Waals surface area contributed by atoms with Gasteiger partial charge in [0, 0.05) is 44.5 Å². The van der Waals surface area contributed by atoms with Crippen LogP contribution in [0.4, 0.5) is 18.9 Å². The summed E-state index contributed by atoms with van der Waals surface area (Å²) in [5, 5.41) is 13.4. The van der Waals surface area contributed by atoms with E-state index in [1.54, 1.807) is 20.2 Å². The molecule has 1 saturated carbocycles. The van der Waals surface area contributed by atoms with Gasteiger partial charge in [0.15, 0.2) is 0 Å². The van der Waals surface area contributed by atoms with Crippen molar-refractivity contribution in [2.45, 2.75) is 49.9 Å². The van der Waals surface area contributed by atoms with Gasteiger partial charge in [-0.15, -0.1) is 0 Å². The maximum absolute atomic E-state index is 13.9. The molecule has 7 nitrogen and oxygen atoms in total. The van der Waals surface area contributed by atoms with Crippen molar-refractivity contribution in [3.8, 4) is 5.75 Å². The van der Waals surface area contributed by atoms with Gasteiger partial charge in [-0.25, -0.2) is 0 Å². The molecule has 1 aliphatic carbocycles. The first-order chi connectivity index (χ1) is 18.8. The van der Waals surface area contributed by atoms with E-state index < -0.39 is 29.3 Å². The molecule has 2 amide bonds. The highest BCUT2D eigenvalue weighted by Crippen LogP contribution is 2.42. The molecule has 4 rings (SSSR count). The number of carbonyl (C=O) groups is 2. The minimum Gasteiger partial charge on any atom is -0.497 e. The Hall–Kier alpha value is -2.98. The predicted octanol–water partition coefficient (Wildman–Crippen LogP) is 5.00. The molecule has 1 atom stereocenters. The molecule has 40 heavy (non-hydrogen) atoms. The normalized spacial score (nSPS) is 21.2. The zero-order chi connectivity index (χ0) is 29.2. The lowest BCUT2D eigenvalue weighted by molar-refractivity contribution is -0.257. The molecule has 1 unspecified atom stereocenters. The summed E-state index contributed by atoms with van der Waals surface area (Å²) in [6, 6.07) is 9.91. The summed E-state index contributed by atoms with van der Waals surface area (Å²) in [6.07, 6.45) is -1.17. The number of nitrogens with zero attached hydrogens (tertiary/aromatic N) is 2. The van der Waals surface area contributed by atoms with Gasteiger partial charge >= 0.3 is 6.18 Å². The van der Waals surface area contributed by atoms with Crippen LogP contribution in [-0.2, 0) is 10.4 Å². The molecule has 218 valence electrons. The van der Waals surface area contributed by atoms with Gasteiger partial charge in [0.25, 0.3) is 17.4 Å². The van der Waals surface area contributed by atoms with Crippen LogP contribution in [0.1, 0.15) is 48.0 Å². The number of aliphatic hydroxyl groups is 1. The molecule has 1 saturated heterocycles. The fourth-order valence-electron chi connectivity index (χ4n) is 5.62. The third-order valence-electron chi connectivity index (χ3n) is 8.03. The average molecular weight is 582 g/mol. The highest BCUT2D eigenvalue weighted by molar-refractivity contribution is 6.34. The number of hydrogen-bond acceptors (Lipinski definition) is 5. The van der Waals surface area contributed by atoms with Gasteiger partial charge in [-0.3, -0.25) is 9.59 Å². The van der Waals surface area contributed by atoms with Crippen molar-refractivity contribution in [3.63, 3.8) is 0 Å². The van der Waals surface area contributed by atoms with Crippen LogP contribution in [0.3, 0.4) is 0 Å². The van der Waals surface area contributed by atoms with E-state index >= 15 is 0 Å². The number of amides is 2. The van der Waals surface area contributed by atoms with Crippen LogP contribution in [0, 0.1) is 11.8 Å². The summed E-state index contributed by atoms with van der Waals surface area (Å²) < 4.78 is 46.7. The molecule has 0 radical (unpaired) electrons. The van der Waals surface area contributed by atoms with Crippen molar-refractivity contribution in [1.82, 2.24) is 10.2 Å². The van der Waals surface area contributed by atoms with Crippen LogP contribution in [0.5, 0.6) is 5.75 Å². The lowest BCUT2D eigenvalue weighted by Crippen LogP contribution is -2.58. The Morgan fingerprint density at radius 1 is 1.10 bits per heavy atom.